The summed E-state index contributed by atoms with van der Waals surface area (Å²) in [6, 6.07) is 0. The normalized spacial score (nSPS) is 23.0. The molecule has 1 aromatic rings. The van der Waals surface area contributed by atoms with Gasteiger partial charge in [-0.3, -0.25) is 0 Å². The van der Waals surface area contributed by atoms with Crippen molar-refractivity contribution in [2.75, 3.05) is 13.6 Å². The summed E-state index contributed by atoms with van der Waals surface area (Å²) in [5, 5.41) is 3.12. The molecule has 1 N–H and O–H groups in total. The van der Waals surface area contributed by atoms with Gasteiger partial charge in [-0.05, 0) is 31.8 Å². The maximum atomic E-state index is 5.75. The SMILES string of the molecule is CNCCCc1ncc(C2CC2(C)C)o1. The summed E-state index contributed by atoms with van der Waals surface area (Å²) in [6.45, 7) is 5.58. The van der Waals surface area contributed by atoms with E-state index in [1.807, 2.05) is 13.2 Å². The van der Waals surface area contributed by atoms with Crippen LogP contribution in [0.4, 0.5) is 0 Å². The molecule has 0 aliphatic heterocycles. The molecule has 1 unspecified atom stereocenters. The minimum Gasteiger partial charge on any atom is -0.445 e. The van der Waals surface area contributed by atoms with Gasteiger partial charge in [0.15, 0.2) is 5.89 Å². The highest BCUT2D eigenvalue weighted by Gasteiger charge is 2.48. The lowest BCUT2D eigenvalue weighted by Crippen LogP contribution is -2.08. The Bertz CT molecular complexity index is 330. The first-order valence-corrected chi connectivity index (χ1v) is 5.72. The summed E-state index contributed by atoms with van der Waals surface area (Å²) in [6.07, 6.45) is 5.17. The highest BCUT2D eigenvalue weighted by Crippen LogP contribution is 2.58. The fourth-order valence-corrected chi connectivity index (χ4v) is 1.97. The molecule has 0 amide bonds. The number of nitrogens with zero attached hydrogens (tertiary/aromatic N) is 1. The predicted molar refractivity (Wildman–Crippen MR) is 59.9 cm³/mol. The fraction of sp³-hybridized carbons (Fsp3) is 0.750. The van der Waals surface area contributed by atoms with Crippen LogP contribution in [0, 0.1) is 5.41 Å². The van der Waals surface area contributed by atoms with E-state index in [-0.39, 0.29) is 0 Å². The van der Waals surface area contributed by atoms with Gasteiger partial charge in [0.05, 0.1) is 6.20 Å². The molecule has 1 heterocycles. The standard InChI is InChI=1S/C12H20N2O/c1-12(2)7-9(12)10-8-14-11(15-10)5-4-6-13-3/h8-9,13H,4-7H2,1-3H3. The fourth-order valence-electron chi connectivity index (χ4n) is 1.97. The van der Waals surface area contributed by atoms with E-state index in [9.17, 15) is 0 Å². The lowest BCUT2D eigenvalue weighted by atomic mass is 10.1. The Morgan fingerprint density at radius 2 is 2.33 bits per heavy atom. The molecule has 15 heavy (non-hydrogen) atoms. The van der Waals surface area contributed by atoms with Crippen molar-refractivity contribution in [3.8, 4) is 0 Å². The van der Waals surface area contributed by atoms with Crippen LogP contribution in [-0.2, 0) is 6.42 Å². The van der Waals surface area contributed by atoms with Gasteiger partial charge in [-0.2, -0.15) is 0 Å². The molecule has 1 fully saturated rings. The number of rotatable bonds is 5. The first kappa shape index (κ1) is 10.7. The van der Waals surface area contributed by atoms with Gasteiger partial charge in [-0.1, -0.05) is 13.8 Å². The molecule has 3 heteroatoms. The number of oxazole rings is 1. The minimum atomic E-state index is 0.432. The van der Waals surface area contributed by atoms with Crippen molar-refractivity contribution in [1.29, 1.82) is 0 Å². The Balaban J connectivity index is 1.88. The third-order valence-corrected chi connectivity index (χ3v) is 3.25. The molecule has 0 saturated heterocycles. The summed E-state index contributed by atoms with van der Waals surface area (Å²) in [4.78, 5) is 4.32. The van der Waals surface area contributed by atoms with Gasteiger partial charge >= 0.3 is 0 Å². The zero-order valence-corrected chi connectivity index (χ0v) is 9.84. The van der Waals surface area contributed by atoms with E-state index in [1.165, 1.54) is 6.42 Å². The largest absolute Gasteiger partial charge is 0.445 e. The third kappa shape index (κ3) is 2.40. The number of hydrogen-bond acceptors (Lipinski definition) is 3. The Kier molecular flexibility index (Phi) is 2.83. The first-order chi connectivity index (χ1) is 7.13. The number of nitrogens with one attached hydrogen (secondary N) is 1. The molecule has 1 saturated carbocycles. The molecule has 0 aromatic carbocycles. The Labute approximate surface area is 91.3 Å². The molecule has 1 aromatic heterocycles. The summed E-state index contributed by atoms with van der Waals surface area (Å²) < 4.78 is 5.75. The van der Waals surface area contributed by atoms with E-state index in [0.717, 1.165) is 31.0 Å². The molecule has 84 valence electrons. The second-order valence-electron chi connectivity index (χ2n) is 5.11. The minimum absolute atomic E-state index is 0.432. The van der Waals surface area contributed by atoms with E-state index in [4.69, 9.17) is 4.42 Å². The topological polar surface area (TPSA) is 38.1 Å². The summed E-state index contributed by atoms with van der Waals surface area (Å²) >= 11 is 0. The van der Waals surface area contributed by atoms with Crippen LogP contribution in [0.2, 0.25) is 0 Å². The summed E-state index contributed by atoms with van der Waals surface area (Å²) in [7, 11) is 1.97. The third-order valence-electron chi connectivity index (χ3n) is 3.25. The lowest BCUT2D eigenvalue weighted by molar-refractivity contribution is 0.433. The van der Waals surface area contributed by atoms with Crippen LogP contribution in [0.25, 0.3) is 0 Å². The van der Waals surface area contributed by atoms with Gasteiger partial charge in [0, 0.05) is 12.3 Å². The molecule has 0 spiro atoms. The first-order valence-electron chi connectivity index (χ1n) is 5.72. The Hall–Kier alpha value is -0.830. The Morgan fingerprint density at radius 1 is 1.60 bits per heavy atom. The van der Waals surface area contributed by atoms with Crippen LogP contribution in [0.5, 0.6) is 0 Å². The van der Waals surface area contributed by atoms with Gasteiger partial charge in [0.25, 0.3) is 0 Å². The van der Waals surface area contributed by atoms with Crippen LogP contribution in [0.15, 0.2) is 10.6 Å². The monoisotopic (exact) mass is 208 g/mol. The van der Waals surface area contributed by atoms with Gasteiger partial charge in [0.2, 0.25) is 0 Å². The zero-order chi connectivity index (χ0) is 10.9. The molecule has 0 bridgehead atoms. The smallest absolute Gasteiger partial charge is 0.194 e. The van der Waals surface area contributed by atoms with E-state index < -0.39 is 0 Å². The summed E-state index contributed by atoms with van der Waals surface area (Å²) in [5.74, 6) is 2.57. The molecule has 1 atom stereocenters. The van der Waals surface area contributed by atoms with Crippen molar-refractivity contribution in [2.24, 2.45) is 5.41 Å². The van der Waals surface area contributed by atoms with Gasteiger partial charge in [0.1, 0.15) is 5.76 Å². The number of aryl methyl sites for hydroxylation is 1. The van der Waals surface area contributed by atoms with Crippen molar-refractivity contribution in [1.82, 2.24) is 10.3 Å². The average Bonchev–Trinajstić information content (AvgIpc) is 2.64. The molecule has 3 nitrogen and oxygen atoms in total. The van der Waals surface area contributed by atoms with E-state index in [2.05, 4.69) is 24.1 Å². The molecule has 1 aliphatic rings. The van der Waals surface area contributed by atoms with Crippen molar-refractivity contribution in [3.05, 3.63) is 17.8 Å². The predicted octanol–water partition coefficient (Wildman–Crippen LogP) is 2.34. The van der Waals surface area contributed by atoms with Crippen molar-refractivity contribution >= 4 is 0 Å². The summed E-state index contributed by atoms with van der Waals surface area (Å²) in [5.41, 5.74) is 0.432. The second kappa shape index (κ2) is 3.97. The number of hydrogen-bond donors (Lipinski definition) is 1. The van der Waals surface area contributed by atoms with E-state index >= 15 is 0 Å². The molecule has 0 radical (unpaired) electrons. The molecular weight excluding hydrogens is 188 g/mol. The van der Waals surface area contributed by atoms with Crippen LogP contribution in [0.1, 0.15) is 44.3 Å². The van der Waals surface area contributed by atoms with Crippen molar-refractivity contribution in [2.45, 2.75) is 39.0 Å². The lowest BCUT2D eigenvalue weighted by Gasteiger charge is -1.98. The quantitative estimate of drug-likeness (QED) is 0.755. The number of aromatic nitrogens is 1. The van der Waals surface area contributed by atoms with Crippen molar-refractivity contribution < 1.29 is 4.42 Å². The second-order valence-corrected chi connectivity index (χ2v) is 5.11. The van der Waals surface area contributed by atoms with Gasteiger partial charge in [-0.15, -0.1) is 0 Å². The molecular formula is C12H20N2O. The highest BCUT2D eigenvalue weighted by molar-refractivity contribution is 5.17. The molecule has 1 aliphatic carbocycles. The maximum absolute atomic E-state index is 5.75. The Morgan fingerprint density at radius 3 is 2.93 bits per heavy atom. The maximum Gasteiger partial charge on any atom is 0.194 e. The van der Waals surface area contributed by atoms with Gasteiger partial charge < -0.3 is 9.73 Å². The van der Waals surface area contributed by atoms with Crippen LogP contribution in [-0.4, -0.2) is 18.6 Å². The van der Waals surface area contributed by atoms with Crippen LogP contribution < -0.4 is 5.32 Å². The van der Waals surface area contributed by atoms with E-state index in [1.54, 1.807) is 0 Å². The van der Waals surface area contributed by atoms with Crippen LogP contribution in [0.3, 0.4) is 0 Å². The van der Waals surface area contributed by atoms with Crippen LogP contribution >= 0.6 is 0 Å². The zero-order valence-electron chi connectivity index (χ0n) is 9.84. The van der Waals surface area contributed by atoms with Gasteiger partial charge in [-0.25, -0.2) is 4.98 Å². The molecule has 2 rings (SSSR count). The average molecular weight is 208 g/mol. The highest BCUT2D eigenvalue weighted by atomic mass is 16.4. The van der Waals surface area contributed by atoms with Crippen molar-refractivity contribution in [3.63, 3.8) is 0 Å². The van der Waals surface area contributed by atoms with E-state index in [0.29, 0.717) is 11.3 Å².